The zero-order valence-electron chi connectivity index (χ0n) is 6.72. The van der Waals surface area contributed by atoms with Crippen LogP contribution >= 0.6 is 0 Å². The third-order valence-corrected chi connectivity index (χ3v) is 1.38. The summed E-state index contributed by atoms with van der Waals surface area (Å²) in [6.45, 7) is 5.27. The molecule has 1 aliphatic heterocycles. The largest absolute Gasteiger partial charge is 2.00 e. The van der Waals surface area contributed by atoms with Crippen molar-refractivity contribution in [2.24, 2.45) is 0 Å². The minimum Gasteiger partial charge on any atom is -1.00 e. The van der Waals surface area contributed by atoms with Gasteiger partial charge in [-0.2, -0.15) is 6.42 Å². The normalized spacial score (nSPS) is 17.2. The van der Waals surface area contributed by atoms with Crippen LogP contribution in [-0.2, 0) is 9.47 Å². The summed E-state index contributed by atoms with van der Waals surface area (Å²) in [6, 6.07) is 0. The molecule has 0 radical (unpaired) electrons. The van der Waals surface area contributed by atoms with Crippen LogP contribution in [0.25, 0.3) is 0 Å². The first-order valence-corrected chi connectivity index (χ1v) is 3.46. The quantitative estimate of drug-likeness (QED) is 0.414. The van der Waals surface area contributed by atoms with E-state index in [-0.39, 0.29) is 46.3 Å². The van der Waals surface area contributed by atoms with Gasteiger partial charge in [0.15, 0.2) is 6.29 Å². The molecule has 0 amide bonds. The Hall–Kier alpha value is 1.17. The number of ether oxygens (including phenoxy) is 2. The van der Waals surface area contributed by atoms with Gasteiger partial charge in [0.1, 0.15) is 0 Å². The fraction of sp³-hybridized carbons (Fsp3) is 0.857. The molecule has 0 saturated carbocycles. The van der Waals surface area contributed by atoms with E-state index in [0.717, 1.165) is 32.5 Å². The number of hydrogen-bond donors (Lipinski definition) is 0. The molecule has 1 fully saturated rings. The first-order chi connectivity index (χ1) is 4.43. The van der Waals surface area contributed by atoms with Crippen LogP contribution in [-0.4, -0.2) is 42.6 Å². The first-order valence-electron chi connectivity index (χ1n) is 3.46. The first kappa shape index (κ1) is 14.7. The maximum Gasteiger partial charge on any atom is 2.00 e. The Morgan fingerprint density at radius 1 is 1.27 bits per heavy atom. The molecule has 1 rings (SSSR count). The molecule has 0 unspecified atom stereocenters. The number of rotatable bonds is 3. The van der Waals surface area contributed by atoms with Gasteiger partial charge in [0.25, 0.3) is 0 Å². The third-order valence-electron chi connectivity index (χ3n) is 1.38. The van der Waals surface area contributed by atoms with Crippen molar-refractivity contribution < 1.29 is 26.5 Å². The summed E-state index contributed by atoms with van der Waals surface area (Å²) in [5, 5.41) is 0. The van der Waals surface area contributed by atoms with Crippen LogP contribution in [0.1, 0.15) is 19.3 Å². The minimum atomic E-state index is 0. The number of unbranched alkanes of at least 4 members (excludes halogenated alkanes) is 1. The Kier molecular flexibility index (Phi) is 12.4. The average molecular weight is 233 g/mol. The monoisotopic (exact) mass is 232 g/mol. The molecule has 4 heteroatoms. The van der Waals surface area contributed by atoms with Gasteiger partial charge >= 0.3 is 23.1 Å². The average Bonchev–Trinajstić information content (AvgIpc) is 2.34. The molecule has 1 heterocycles. The standard InChI is InChI=1S/C7H13O2.BrH.Mg/c1-2-3-4-7-8-5-6-9-7;;/h7H,1-6H2;1H;/q-1;;+2/p-1. The third kappa shape index (κ3) is 6.34. The van der Waals surface area contributed by atoms with Crippen molar-refractivity contribution in [3.8, 4) is 0 Å². The SMILES string of the molecule is [Br-].[CH2-]CCCC1OCCO1.[Mg+2]. The molecule has 0 aromatic carbocycles. The van der Waals surface area contributed by atoms with Crippen LogP contribution in [0.3, 0.4) is 0 Å². The Morgan fingerprint density at radius 2 is 1.82 bits per heavy atom. The van der Waals surface area contributed by atoms with Crippen LogP contribution in [0.2, 0.25) is 0 Å². The van der Waals surface area contributed by atoms with E-state index in [4.69, 9.17) is 9.47 Å². The molecule has 62 valence electrons. The zero-order chi connectivity index (χ0) is 6.53. The van der Waals surface area contributed by atoms with E-state index >= 15 is 0 Å². The Bertz CT molecular complexity index is 76.8. The van der Waals surface area contributed by atoms with Gasteiger partial charge < -0.3 is 33.4 Å². The predicted octanol–water partition coefficient (Wildman–Crippen LogP) is -2.01. The summed E-state index contributed by atoms with van der Waals surface area (Å²) >= 11 is 0. The second-order valence-electron chi connectivity index (χ2n) is 2.17. The summed E-state index contributed by atoms with van der Waals surface area (Å²) in [7, 11) is 0. The summed E-state index contributed by atoms with van der Waals surface area (Å²) in [5.41, 5.74) is 0. The van der Waals surface area contributed by atoms with E-state index in [1.54, 1.807) is 0 Å². The molecule has 2 nitrogen and oxygen atoms in total. The van der Waals surface area contributed by atoms with Gasteiger partial charge in [-0.15, -0.1) is 0 Å². The smallest absolute Gasteiger partial charge is 1.00 e. The van der Waals surface area contributed by atoms with Gasteiger partial charge in [-0.05, 0) is 6.42 Å². The van der Waals surface area contributed by atoms with E-state index < -0.39 is 0 Å². The maximum atomic E-state index is 5.20. The Morgan fingerprint density at radius 3 is 2.27 bits per heavy atom. The molecule has 1 saturated heterocycles. The Balaban J connectivity index is 0. The molecule has 11 heavy (non-hydrogen) atoms. The van der Waals surface area contributed by atoms with Crippen molar-refractivity contribution in [3.63, 3.8) is 0 Å². The van der Waals surface area contributed by atoms with Crippen LogP contribution < -0.4 is 17.0 Å². The van der Waals surface area contributed by atoms with Gasteiger partial charge in [-0.25, -0.2) is 0 Å². The molecule has 0 aromatic rings. The molecular weight excluding hydrogens is 220 g/mol. The second-order valence-corrected chi connectivity index (χ2v) is 2.17. The molecule has 0 N–H and O–H groups in total. The minimum absolute atomic E-state index is 0. The van der Waals surface area contributed by atoms with Crippen molar-refractivity contribution in [1.82, 2.24) is 0 Å². The number of hydrogen-bond acceptors (Lipinski definition) is 2. The molecule has 0 aliphatic carbocycles. The topological polar surface area (TPSA) is 18.5 Å². The number of halogens is 1. The van der Waals surface area contributed by atoms with Crippen molar-refractivity contribution in [2.45, 2.75) is 25.6 Å². The van der Waals surface area contributed by atoms with E-state index in [2.05, 4.69) is 6.92 Å². The Labute approximate surface area is 94.9 Å². The molecule has 1 aliphatic rings. The molecule has 0 spiro atoms. The van der Waals surface area contributed by atoms with Crippen LogP contribution in [0.4, 0.5) is 0 Å². The van der Waals surface area contributed by atoms with E-state index in [0.29, 0.717) is 0 Å². The summed E-state index contributed by atoms with van der Waals surface area (Å²) in [5.74, 6) is 0. The predicted molar refractivity (Wildman–Crippen MR) is 40.7 cm³/mol. The van der Waals surface area contributed by atoms with Gasteiger partial charge in [-0.1, -0.05) is 6.42 Å². The van der Waals surface area contributed by atoms with E-state index in [1.165, 1.54) is 0 Å². The molecule has 0 atom stereocenters. The molecule has 0 bridgehead atoms. The fourth-order valence-electron chi connectivity index (χ4n) is 0.885. The summed E-state index contributed by atoms with van der Waals surface area (Å²) in [6.07, 6.45) is 3.16. The summed E-state index contributed by atoms with van der Waals surface area (Å²) in [4.78, 5) is 0. The summed E-state index contributed by atoms with van der Waals surface area (Å²) < 4.78 is 10.4. The molecule has 0 aromatic heterocycles. The van der Waals surface area contributed by atoms with Crippen molar-refractivity contribution in [3.05, 3.63) is 6.92 Å². The van der Waals surface area contributed by atoms with Gasteiger partial charge in [0.05, 0.1) is 13.2 Å². The van der Waals surface area contributed by atoms with Gasteiger partial charge in [0.2, 0.25) is 0 Å². The van der Waals surface area contributed by atoms with Gasteiger partial charge in [0, 0.05) is 0 Å². The van der Waals surface area contributed by atoms with Crippen LogP contribution in [0, 0.1) is 6.92 Å². The van der Waals surface area contributed by atoms with Gasteiger partial charge in [-0.3, -0.25) is 0 Å². The molecular formula is C7H13BrMgO2. The van der Waals surface area contributed by atoms with E-state index in [9.17, 15) is 0 Å². The van der Waals surface area contributed by atoms with Crippen molar-refractivity contribution >= 4 is 23.1 Å². The van der Waals surface area contributed by atoms with E-state index in [1.807, 2.05) is 0 Å². The van der Waals surface area contributed by atoms with Crippen LogP contribution in [0.15, 0.2) is 0 Å². The van der Waals surface area contributed by atoms with Crippen molar-refractivity contribution in [2.75, 3.05) is 13.2 Å². The van der Waals surface area contributed by atoms with Crippen LogP contribution in [0.5, 0.6) is 0 Å². The second kappa shape index (κ2) is 9.26. The van der Waals surface area contributed by atoms with Crippen molar-refractivity contribution in [1.29, 1.82) is 0 Å². The maximum absolute atomic E-state index is 5.20. The zero-order valence-corrected chi connectivity index (χ0v) is 9.72. The fourth-order valence-corrected chi connectivity index (χ4v) is 0.885.